The SMILES string of the molecule is c1ccc(-c2nc3cccc(N(c4cccc(-c5ccc6c(c5)c5c7ccccc7ccc5n6-c5ccccc5)c4)c4ccc5ccccc5c4)c3o2)cc1. The van der Waals surface area contributed by atoms with E-state index in [9.17, 15) is 0 Å². The minimum atomic E-state index is 0.603. The molecule has 0 aliphatic carbocycles. The molecule has 0 N–H and O–H groups in total. The molecule has 11 rings (SSSR count). The first kappa shape index (κ1) is 31.1. The van der Waals surface area contributed by atoms with Crippen LogP contribution in [0.2, 0.25) is 0 Å². The molecule has 0 amide bonds. The average molecular weight is 704 g/mol. The van der Waals surface area contributed by atoms with Crippen LogP contribution in [-0.2, 0) is 0 Å². The van der Waals surface area contributed by atoms with Crippen LogP contribution in [0.25, 0.3) is 82.7 Å². The van der Waals surface area contributed by atoms with Crippen molar-refractivity contribution in [3.05, 3.63) is 200 Å². The minimum absolute atomic E-state index is 0.603. The second-order valence-corrected chi connectivity index (χ2v) is 14.0. The summed E-state index contributed by atoms with van der Waals surface area (Å²) in [6.07, 6.45) is 0. The molecule has 2 aromatic heterocycles. The van der Waals surface area contributed by atoms with Crippen molar-refractivity contribution in [3.8, 4) is 28.3 Å². The highest BCUT2D eigenvalue weighted by atomic mass is 16.3. The van der Waals surface area contributed by atoms with Gasteiger partial charge in [-0.3, -0.25) is 0 Å². The number of nitrogens with zero attached hydrogens (tertiary/aromatic N) is 3. The van der Waals surface area contributed by atoms with Gasteiger partial charge in [-0.15, -0.1) is 0 Å². The Bertz CT molecular complexity index is 3210. The molecule has 2 heterocycles. The third-order valence-corrected chi connectivity index (χ3v) is 10.8. The highest BCUT2D eigenvalue weighted by molar-refractivity contribution is 6.22. The van der Waals surface area contributed by atoms with Crippen molar-refractivity contribution in [2.75, 3.05) is 4.90 Å². The molecule has 0 bridgehead atoms. The second kappa shape index (κ2) is 12.6. The normalized spacial score (nSPS) is 11.6. The summed E-state index contributed by atoms with van der Waals surface area (Å²) in [5, 5.41) is 7.34. The van der Waals surface area contributed by atoms with Gasteiger partial charge in [0, 0.05) is 33.4 Å². The van der Waals surface area contributed by atoms with Crippen LogP contribution in [0.4, 0.5) is 17.1 Å². The molecule has 0 radical (unpaired) electrons. The molecule has 55 heavy (non-hydrogen) atoms. The summed E-state index contributed by atoms with van der Waals surface area (Å²) < 4.78 is 9.01. The fraction of sp³-hybridized carbons (Fsp3) is 0. The summed E-state index contributed by atoms with van der Waals surface area (Å²) in [4.78, 5) is 7.23. The number of anilines is 3. The zero-order valence-electron chi connectivity index (χ0n) is 29.8. The van der Waals surface area contributed by atoms with Crippen LogP contribution >= 0.6 is 0 Å². The van der Waals surface area contributed by atoms with E-state index < -0.39 is 0 Å². The Labute approximate surface area is 317 Å². The quantitative estimate of drug-likeness (QED) is 0.173. The van der Waals surface area contributed by atoms with E-state index in [1.807, 2.05) is 36.4 Å². The lowest BCUT2D eigenvalue weighted by molar-refractivity contribution is 0.620. The summed E-state index contributed by atoms with van der Waals surface area (Å²) in [6, 6.07) is 71.0. The number of aromatic nitrogens is 2. The average Bonchev–Trinajstić information content (AvgIpc) is 3.85. The third-order valence-electron chi connectivity index (χ3n) is 10.8. The van der Waals surface area contributed by atoms with Crippen molar-refractivity contribution < 1.29 is 4.42 Å². The summed E-state index contributed by atoms with van der Waals surface area (Å²) in [7, 11) is 0. The second-order valence-electron chi connectivity index (χ2n) is 14.0. The Kier molecular flexibility index (Phi) is 7.14. The topological polar surface area (TPSA) is 34.2 Å². The van der Waals surface area contributed by atoms with E-state index in [1.165, 1.54) is 43.4 Å². The van der Waals surface area contributed by atoms with E-state index >= 15 is 0 Å². The molecule has 0 atom stereocenters. The zero-order valence-corrected chi connectivity index (χ0v) is 29.8. The first-order valence-corrected chi connectivity index (χ1v) is 18.6. The molecule has 0 saturated carbocycles. The highest BCUT2D eigenvalue weighted by Crippen LogP contribution is 2.43. The number of fused-ring (bicyclic) bond motifs is 7. The maximum absolute atomic E-state index is 6.62. The Morgan fingerprint density at radius 2 is 1.11 bits per heavy atom. The van der Waals surface area contributed by atoms with Gasteiger partial charge in [-0.1, -0.05) is 121 Å². The van der Waals surface area contributed by atoms with E-state index in [1.54, 1.807) is 0 Å². The maximum atomic E-state index is 6.62. The van der Waals surface area contributed by atoms with Gasteiger partial charge in [0.2, 0.25) is 5.89 Å². The minimum Gasteiger partial charge on any atom is -0.434 e. The lowest BCUT2D eigenvalue weighted by atomic mass is 9.99. The molecule has 4 heteroatoms. The third kappa shape index (κ3) is 5.19. The number of hydrogen-bond acceptors (Lipinski definition) is 3. The van der Waals surface area contributed by atoms with E-state index in [0.29, 0.717) is 5.89 Å². The van der Waals surface area contributed by atoms with Crippen molar-refractivity contribution in [1.82, 2.24) is 9.55 Å². The molecule has 4 nitrogen and oxygen atoms in total. The van der Waals surface area contributed by atoms with Crippen LogP contribution < -0.4 is 4.90 Å². The monoisotopic (exact) mass is 703 g/mol. The van der Waals surface area contributed by atoms with Gasteiger partial charge in [-0.05, 0) is 112 Å². The zero-order chi connectivity index (χ0) is 36.3. The van der Waals surface area contributed by atoms with Crippen LogP contribution in [0.15, 0.2) is 205 Å². The Morgan fingerprint density at radius 1 is 0.436 bits per heavy atom. The van der Waals surface area contributed by atoms with Gasteiger partial charge >= 0.3 is 0 Å². The number of rotatable bonds is 6. The van der Waals surface area contributed by atoms with Crippen molar-refractivity contribution >= 4 is 71.5 Å². The molecular formula is C51H33N3O. The van der Waals surface area contributed by atoms with Crippen LogP contribution in [-0.4, -0.2) is 9.55 Å². The van der Waals surface area contributed by atoms with Crippen molar-refractivity contribution in [2.45, 2.75) is 0 Å². The van der Waals surface area contributed by atoms with Gasteiger partial charge in [0.05, 0.1) is 16.7 Å². The van der Waals surface area contributed by atoms with Crippen LogP contribution in [0.5, 0.6) is 0 Å². The predicted octanol–water partition coefficient (Wildman–Crippen LogP) is 14.0. The molecule has 0 aliphatic rings. The molecule has 0 aliphatic heterocycles. The first-order chi connectivity index (χ1) is 27.3. The van der Waals surface area contributed by atoms with Gasteiger partial charge in [0.1, 0.15) is 5.52 Å². The molecule has 0 unspecified atom stereocenters. The number of hydrogen-bond donors (Lipinski definition) is 0. The number of benzene rings is 9. The Balaban J connectivity index is 1.11. The van der Waals surface area contributed by atoms with E-state index in [2.05, 4.69) is 173 Å². The fourth-order valence-electron chi connectivity index (χ4n) is 8.21. The van der Waals surface area contributed by atoms with Crippen molar-refractivity contribution in [1.29, 1.82) is 0 Å². The smallest absolute Gasteiger partial charge is 0.227 e. The summed E-state index contributed by atoms with van der Waals surface area (Å²) in [5.41, 5.74) is 11.3. The van der Waals surface area contributed by atoms with Crippen LogP contribution in [0, 0.1) is 0 Å². The van der Waals surface area contributed by atoms with Gasteiger partial charge in [-0.2, -0.15) is 0 Å². The Morgan fingerprint density at radius 3 is 1.98 bits per heavy atom. The number of para-hydroxylation sites is 2. The predicted molar refractivity (Wildman–Crippen MR) is 229 cm³/mol. The molecule has 0 spiro atoms. The summed E-state index contributed by atoms with van der Waals surface area (Å²) in [5.74, 6) is 0.603. The van der Waals surface area contributed by atoms with Gasteiger partial charge < -0.3 is 13.9 Å². The van der Waals surface area contributed by atoms with E-state index in [4.69, 9.17) is 9.40 Å². The summed E-state index contributed by atoms with van der Waals surface area (Å²) in [6.45, 7) is 0. The van der Waals surface area contributed by atoms with Crippen molar-refractivity contribution in [3.63, 3.8) is 0 Å². The molecular weight excluding hydrogens is 671 g/mol. The standard InChI is InChI=1S/C51H33N3O/c1-3-15-36(16-4-1)51-52-45-23-12-24-48(50(45)55-51)53(42-28-25-34-13-7-8-17-37(34)31-42)41-21-11-18-38(32-41)39-27-29-46-44(33-39)49-43-22-10-9-14-35(43)26-30-47(49)54(46)40-19-5-2-6-20-40/h1-33H. The fourth-order valence-corrected chi connectivity index (χ4v) is 8.21. The largest absolute Gasteiger partial charge is 0.434 e. The molecule has 0 saturated heterocycles. The highest BCUT2D eigenvalue weighted by Gasteiger charge is 2.21. The maximum Gasteiger partial charge on any atom is 0.227 e. The van der Waals surface area contributed by atoms with Crippen molar-refractivity contribution in [2.24, 2.45) is 0 Å². The first-order valence-electron chi connectivity index (χ1n) is 18.6. The van der Waals surface area contributed by atoms with Crippen LogP contribution in [0.1, 0.15) is 0 Å². The number of oxazole rings is 1. The molecule has 9 aromatic carbocycles. The molecule has 0 fully saturated rings. The molecule has 258 valence electrons. The Hall–Kier alpha value is -7.43. The molecule has 11 aromatic rings. The lowest BCUT2D eigenvalue weighted by Gasteiger charge is -2.26. The van der Waals surface area contributed by atoms with Gasteiger partial charge in [-0.25, -0.2) is 4.98 Å². The van der Waals surface area contributed by atoms with Gasteiger partial charge in [0.25, 0.3) is 0 Å². The summed E-state index contributed by atoms with van der Waals surface area (Å²) >= 11 is 0. The lowest BCUT2D eigenvalue weighted by Crippen LogP contribution is -2.10. The van der Waals surface area contributed by atoms with E-state index in [-0.39, 0.29) is 0 Å². The van der Waals surface area contributed by atoms with Gasteiger partial charge in [0.15, 0.2) is 5.58 Å². The van der Waals surface area contributed by atoms with E-state index in [0.717, 1.165) is 50.5 Å². The van der Waals surface area contributed by atoms with Crippen LogP contribution in [0.3, 0.4) is 0 Å².